The van der Waals surface area contributed by atoms with Crippen LogP contribution in [0.5, 0.6) is 0 Å². The van der Waals surface area contributed by atoms with Crippen LogP contribution in [0.3, 0.4) is 0 Å². The van der Waals surface area contributed by atoms with Gasteiger partial charge in [-0.25, -0.2) is 19.4 Å². The fourth-order valence-electron chi connectivity index (χ4n) is 5.83. The monoisotopic (exact) mass is 680 g/mol. The zero-order chi connectivity index (χ0) is 35.3. The Kier molecular flexibility index (Phi) is 11.0. The van der Waals surface area contributed by atoms with E-state index < -0.39 is 48.0 Å². The average molecular weight is 681 g/mol. The number of hydrogen-bond acceptors (Lipinski definition) is 12. The molecule has 0 saturated carbocycles. The predicted octanol–water partition coefficient (Wildman–Crippen LogP) is 2.01. The van der Waals surface area contributed by atoms with Gasteiger partial charge in [0.2, 0.25) is 11.5 Å². The number of fused-ring (bicyclic) bond motifs is 5. The summed E-state index contributed by atoms with van der Waals surface area (Å²) in [5.74, 6) is -2.33. The summed E-state index contributed by atoms with van der Waals surface area (Å²) in [6, 6.07) is 10.1. The van der Waals surface area contributed by atoms with E-state index in [0.29, 0.717) is 24.4 Å². The first kappa shape index (κ1) is 35.4. The SMILES string of the molecule is CCC(CO)OC(COC(=O)NCCC(=O)N[C@@H](C)C(=O)O[C@]1(CC)C(=O)OCc2c1cc1n(c2=O)Cc2cc3ccccc3nc2-1)OC. The molecular weight excluding hydrogens is 640 g/mol. The van der Waals surface area contributed by atoms with Crippen molar-refractivity contribution >= 4 is 34.8 Å². The topological polar surface area (TPSA) is 194 Å². The molecule has 2 amide bonds. The van der Waals surface area contributed by atoms with Crippen LogP contribution in [0.1, 0.15) is 56.7 Å². The molecule has 4 atom stereocenters. The molecule has 2 unspecified atom stereocenters. The van der Waals surface area contributed by atoms with Crippen LogP contribution in [0.4, 0.5) is 4.79 Å². The lowest BCUT2D eigenvalue weighted by Gasteiger charge is -2.36. The lowest BCUT2D eigenvalue weighted by molar-refractivity contribution is -0.190. The first-order valence-corrected chi connectivity index (χ1v) is 16.1. The number of carbonyl (C=O) groups excluding carboxylic acids is 4. The van der Waals surface area contributed by atoms with Crippen LogP contribution < -0.4 is 16.2 Å². The molecule has 0 bridgehead atoms. The predicted molar refractivity (Wildman–Crippen MR) is 173 cm³/mol. The van der Waals surface area contributed by atoms with Crippen molar-refractivity contribution in [2.45, 2.75) is 77.2 Å². The smallest absolute Gasteiger partial charge is 0.407 e. The molecule has 262 valence electrons. The highest BCUT2D eigenvalue weighted by atomic mass is 16.7. The maximum absolute atomic E-state index is 13.7. The standard InChI is InChI=1S/C34H40N4O11/c1-5-22(16-39)48-28(45-4)18-47-33(44)35-12-11-27(40)36-19(3)31(42)49-34(6-2)24-14-26-29-21(13-20-9-7-8-10-25(20)37-29)15-38(26)30(41)23(24)17-46-32(34)43/h7-10,13-14,19,22,28,39H,5-6,11-12,15-18H2,1-4H3,(H,35,44)(H,36,40)/t19-,22?,28?,34-/m0/s1. The number of aromatic nitrogens is 2. The van der Waals surface area contributed by atoms with Gasteiger partial charge in [0.1, 0.15) is 19.3 Å². The van der Waals surface area contributed by atoms with Gasteiger partial charge in [-0.1, -0.05) is 32.0 Å². The molecule has 5 rings (SSSR count). The van der Waals surface area contributed by atoms with Crippen molar-refractivity contribution < 1.29 is 48.0 Å². The van der Waals surface area contributed by atoms with Gasteiger partial charge in [0.25, 0.3) is 5.56 Å². The van der Waals surface area contributed by atoms with Gasteiger partial charge in [-0.15, -0.1) is 0 Å². The number of amides is 2. The van der Waals surface area contributed by atoms with Crippen molar-refractivity contribution in [2.24, 2.45) is 0 Å². The second-order valence-electron chi connectivity index (χ2n) is 11.8. The van der Waals surface area contributed by atoms with E-state index in [1.54, 1.807) is 17.6 Å². The Morgan fingerprint density at radius 3 is 2.65 bits per heavy atom. The highest BCUT2D eigenvalue weighted by Gasteiger charge is 2.51. The van der Waals surface area contributed by atoms with Gasteiger partial charge < -0.3 is 44.0 Å². The number of methoxy groups -OCH3 is 1. The van der Waals surface area contributed by atoms with Crippen LogP contribution in [-0.2, 0) is 56.8 Å². The van der Waals surface area contributed by atoms with E-state index in [2.05, 4.69) is 10.6 Å². The third-order valence-corrected chi connectivity index (χ3v) is 8.63. The van der Waals surface area contributed by atoms with E-state index >= 15 is 0 Å². The van der Waals surface area contributed by atoms with Crippen LogP contribution in [0.15, 0.2) is 41.2 Å². The largest absolute Gasteiger partial charge is 0.457 e. The maximum Gasteiger partial charge on any atom is 0.407 e. The minimum atomic E-state index is -1.93. The quantitative estimate of drug-likeness (QED) is 0.0998. The summed E-state index contributed by atoms with van der Waals surface area (Å²) in [6.45, 7) is 4.30. The summed E-state index contributed by atoms with van der Waals surface area (Å²) in [5.41, 5.74) is 0.824. The number of carbonyl (C=O) groups is 4. The molecule has 0 radical (unpaired) electrons. The minimum absolute atomic E-state index is 0.0355. The van der Waals surface area contributed by atoms with Crippen molar-refractivity contribution in [3.8, 4) is 11.4 Å². The highest BCUT2D eigenvalue weighted by molar-refractivity contribution is 5.90. The molecule has 2 aliphatic rings. The number of nitrogens with zero attached hydrogens (tertiary/aromatic N) is 2. The van der Waals surface area contributed by atoms with Crippen LogP contribution in [0.2, 0.25) is 0 Å². The number of para-hydroxylation sites is 1. The van der Waals surface area contributed by atoms with Gasteiger partial charge in [0.15, 0.2) is 6.29 Å². The second-order valence-corrected chi connectivity index (χ2v) is 11.8. The molecule has 15 heteroatoms. The van der Waals surface area contributed by atoms with Gasteiger partial charge in [0, 0.05) is 36.6 Å². The number of rotatable bonds is 14. The van der Waals surface area contributed by atoms with Crippen molar-refractivity contribution in [3.63, 3.8) is 0 Å². The highest BCUT2D eigenvalue weighted by Crippen LogP contribution is 2.41. The van der Waals surface area contributed by atoms with Crippen LogP contribution in [0, 0.1) is 0 Å². The van der Waals surface area contributed by atoms with Gasteiger partial charge in [-0.2, -0.15) is 0 Å². The molecular formula is C34H40N4O11. The summed E-state index contributed by atoms with van der Waals surface area (Å²) < 4.78 is 28.4. The average Bonchev–Trinajstić information content (AvgIpc) is 3.46. The normalized spacial score (nSPS) is 17.9. The first-order chi connectivity index (χ1) is 23.5. The Morgan fingerprint density at radius 1 is 1.16 bits per heavy atom. The lowest BCUT2D eigenvalue weighted by atomic mass is 9.85. The molecule has 49 heavy (non-hydrogen) atoms. The third-order valence-electron chi connectivity index (χ3n) is 8.63. The molecule has 4 heterocycles. The van der Waals surface area contributed by atoms with Gasteiger partial charge >= 0.3 is 18.0 Å². The molecule has 2 aromatic heterocycles. The van der Waals surface area contributed by atoms with Crippen molar-refractivity contribution in [1.82, 2.24) is 20.2 Å². The van der Waals surface area contributed by atoms with Crippen LogP contribution in [0.25, 0.3) is 22.3 Å². The van der Waals surface area contributed by atoms with Crippen molar-refractivity contribution in [3.05, 3.63) is 63.4 Å². The van der Waals surface area contributed by atoms with E-state index in [1.807, 2.05) is 37.3 Å². The van der Waals surface area contributed by atoms with Crippen LogP contribution >= 0.6 is 0 Å². The third kappa shape index (κ3) is 7.28. The molecule has 1 aromatic carbocycles. The summed E-state index contributed by atoms with van der Waals surface area (Å²) in [7, 11) is 1.37. The minimum Gasteiger partial charge on any atom is -0.457 e. The van der Waals surface area contributed by atoms with E-state index in [9.17, 15) is 29.1 Å². The molecule has 15 nitrogen and oxygen atoms in total. The number of pyridine rings is 2. The Morgan fingerprint density at radius 2 is 1.94 bits per heavy atom. The Bertz CT molecular complexity index is 1800. The number of hydrogen-bond donors (Lipinski definition) is 3. The molecule has 3 N–H and O–H groups in total. The fourth-order valence-corrected chi connectivity index (χ4v) is 5.83. The van der Waals surface area contributed by atoms with E-state index in [0.717, 1.165) is 16.5 Å². The first-order valence-electron chi connectivity index (χ1n) is 16.1. The zero-order valence-corrected chi connectivity index (χ0v) is 27.8. The number of cyclic esters (lactones) is 1. The lowest BCUT2D eigenvalue weighted by Crippen LogP contribution is -2.50. The maximum atomic E-state index is 13.7. The number of alkyl carbamates (subject to hydrolysis) is 1. The van der Waals surface area contributed by atoms with Crippen LogP contribution in [-0.4, -0.2) is 83.9 Å². The summed E-state index contributed by atoms with van der Waals surface area (Å²) in [6.07, 6.45) is -1.88. The molecule has 0 fully saturated rings. The Balaban J connectivity index is 1.23. The number of esters is 2. The number of aliphatic hydroxyl groups excluding tert-OH is 1. The van der Waals surface area contributed by atoms with Crippen molar-refractivity contribution in [1.29, 1.82) is 0 Å². The molecule has 0 aliphatic carbocycles. The van der Waals surface area contributed by atoms with Gasteiger partial charge in [-0.3, -0.25) is 9.59 Å². The van der Waals surface area contributed by atoms with E-state index in [-0.39, 0.29) is 55.9 Å². The summed E-state index contributed by atoms with van der Waals surface area (Å²) in [4.78, 5) is 69.9. The van der Waals surface area contributed by atoms with Gasteiger partial charge in [-0.05, 0) is 38.0 Å². The number of ether oxygens (including phenoxy) is 5. The molecule has 0 spiro atoms. The molecule has 0 saturated heterocycles. The van der Waals surface area contributed by atoms with E-state index in [4.69, 9.17) is 28.7 Å². The van der Waals surface area contributed by atoms with Gasteiger partial charge in [0.05, 0.1) is 41.7 Å². The second kappa shape index (κ2) is 15.1. The molecule has 2 aliphatic heterocycles. The number of benzene rings is 1. The number of aliphatic hydroxyl groups is 1. The fraction of sp³-hybridized carbons (Fsp3) is 0.471. The summed E-state index contributed by atoms with van der Waals surface area (Å²) >= 11 is 0. The van der Waals surface area contributed by atoms with Crippen molar-refractivity contribution in [2.75, 3.05) is 26.9 Å². The Labute approximate surface area is 281 Å². The zero-order valence-electron chi connectivity index (χ0n) is 27.8. The summed E-state index contributed by atoms with van der Waals surface area (Å²) in [5, 5.41) is 15.1. The number of nitrogens with one attached hydrogen (secondary N) is 2. The molecule has 3 aromatic rings. The van der Waals surface area contributed by atoms with E-state index in [1.165, 1.54) is 14.0 Å². The Hall–Kier alpha value is -4.86.